The zero-order valence-corrected chi connectivity index (χ0v) is 14.6. The molecule has 5 nitrogen and oxygen atoms in total. The minimum Gasteiger partial charge on any atom is -0.497 e. The van der Waals surface area contributed by atoms with E-state index in [1.807, 2.05) is 60.8 Å². The number of H-pyrrole nitrogens is 1. The molecule has 0 aliphatic rings. The van der Waals surface area contributed by atoms with E-state index in [0.29, 0.717) is 0 Å². The van der Waals surface area contributed by atoms with E-state index in [1.54, 1.807) is 14.2 Å². The van der Waals surface area contributed by atoms with Crippen LogP contribution in [-0.2, 0) is 4.84 Å². The molecule has 2 aromatic heterocycles. The van der Waals surface area contributed by atoms with Crippen LogP contribution in [0.2, 0.25) is 0 Å². The lowest BCUT2D eigenvalue weighted by Gasteiger charge is -2.02. The summed E-state index contributed by atoms with van der Waals surface area (Å²) in [6.45, 7) is 0. The number of fused-ring (bicyclic) bond motifs is 3. The van der Waals surface area contributed by atoms with Crippen LogP contribution in [0.15, 0.2) is 54.7 Å². The predicted molar refractivity (Wildman–Crippen MR) is 106 cm³/mol. The zero-order chi connectivity index (χ0) is 17.9. The second-order valence-electron chi connectivity index (χ2n) is 5.92. The summed E-state index contributed by atoms with van der Waals surface area (Å²) in [5.41, 5.74) is 7.76. The first-order chi connectivity index (χ1) is 12.8. The van der Waals surface area contributed by atoms with Crippen molar-refractivity contribution in [3.8, 4) is 5.75 Å². The Morgan fingerprint density at radius 3 is 2.58 bits per heavy atom. The highest BCUT2D eigenvalue weighted by molar-refractivity contribution is 6.09. The topological polar surface area (TPSA) is 59.2 Å². The van der Waals surface area contributed by atoms with Crippen LogP contribution in [0.1, 0.15) is 11.3 Å². The first-order valence-corrected chi connectivity index (χ1v) is 8.30. The van der Waals surface area contributed by atoms with Gasteiger partial charge < -0.3 is 9.72 Å². The third-order valence-corrected chi connectivity index (χ3v) is 4.32. The molecule has 130 valence electrons. The molecule has 0 radical (unpaired) electrons. The summed E-state index contributed by atoms with van der Waals surface area (Å²) in [7, 11) is 3.27. The molecule has 2 N–H and O–H groups in total. The van der Waals surface area contributed by atoms with Crippen molar-refractivity contribution in [1.82, 2.24) is 9.97 Å². The van der Waals surface area contributed by atoms with Gasteiger partial charge in [-0.2, -0.15) is 0 Å². The smallest absolute Gasteiger partial charge is 0.120 e. The molecule has 0 bridgehead atoms. The molecule has 26 heavy (non-hydrogen) atoms. The number of ether oxygens (including phenoxy) is 1. The summed E-state index contributed by atoms with van der Waals surface area (Å²) >= 11 is 0. The Balaban J connectivity index is 1.71. The fourth-order valence-electron chi connectivity index (χ4n) is 3.04. The predicted octanol–water partition coefficient (Wildman–Crippen LogP) is 4.87. The lowest BCUT2D eigenvalue weighted by molar-refractivity contribution is 0.271. The first kappa shape index (κ1) is 16.2. The van der Waals surface area contributed by atoms with E-state index in [0.717, 1.165) is 44.5 Å². The van der Waals surface area contributed by atoms with Gasteiger partial charge in [0, 0.05) is 23.0 Å². The van der Waals surface area contributed by atoms with Crippen molar-refractivity contribution in [2.75, 3.05) is 19.7 Å². The largest absolute Gasteiger partial charge is 0.497 e. The van der Waals surface area contributed by atoms with Gasteiger partial charge in [-0.15, -0.1) is 0 Å². The van der Waals surface area contributed by atoms with E-state index in [9.17, 15) is 0 Å². The molecular weight excluding hydrogens is 326 g/mol. The van der Waals surface area contributed by atoms with Crippen molar-refractivity contribution in [2.45, 2.75) is 0 Å². The number of rotatable bonds is 5. The molecule has 4 rings (SSSR count). The molecule has 0 saturated heterocycles. The minimum atomic E-state index is 0.832. The molecule has 4 aromatic rings. The number of pyridine rings is 1. The second kappa shape index (κ2) is 6.90. The van der Waals surface area contributed by atoms with Gasteiger partial charge in [-0.05, 0) is 42.0 Å². The van der Waals surface area contributed by atoms with Crippen molar-refractivity contribution in [3.63, 3.8) is 0 Å². The van der Waals surface area contributed by atoms with Gasteiger partial charge in [0.15, 0.2) is 0 Å². The van der Waals surface area contributed by atoms with Gasteiger partial charge >= 0.3 is 0 Å². The standard InChI is InChI=1S/C21H19N3O2/c1-25-16-8-9-17-18-11-12-22-19(21(18)23-20(17)13-16)10-5-14-3-6-15(7-4-14)24-26-2/h3-13,23-24H,1-2H3/b10-5+. The number of anilines is 1. The molecular formula is C21H19N3O2. The van der Waals surface area contributed by atoms with Crippen LogP contribution in [0.4, 0.5) is 5.69 Å². The van der Waals surface area contributed by atoms with Gasteiger partial charge in [0.1, 0.15) is 5.75 Å². The maximum Gasteiger partial charge on any atom is 0.120 e. The molecule has 0 spiro atoms. The van der Waals surface area contributed by atoms with Gasteiger partial charge in [-0.3, -0.25) is 15.3 Å². The summed E-state index contributed by atoms with van der Waals surface area (Å²) in [5.74, 6) is 0.832. The van der Waals surface area contributed by atoms with Crippen LogP contribution in [0.5, 0.6) is 5.75 Å². The fourth-order valence-corrected chi connectivity index (χ4v) is 3.04. The van der Waals surface area contributed by atoms with Crippen LogP contribution < -0.4 is 10.2 Å². The van der Waals surface area contributed by atoms with Crippen LogP contribution in [0, 0.1) is 0 Å². The van der Waals surface area contributed by atoms with Crippen molar-refractivity contribution in [3.05, 3.63) is 66.0 Å². The minimum absolute atomic E-state index is 0.832. The van der Waals surface area contributed by atoms with Crippen molar-refractivity contribution in [1.29, 1.82) is 0 Å². The normalized spacial score (nSPS) is 11.5. The van der Waals surface area contributed by atoms with Crippen LogP contribution in [0.3, 0.4) is 0 Å². The van der Waals surface area contributed by atoms with Gasteiger partial charge in [0.05, 0.1) is 36.6 Å². The van der Waals surface area contributed by atoms with E-state index in [4.69, 9.17) is 9.57 Å². The van der Waals surface area contributed by atoms with Gasteiger partial charge in [0.2, 0.25) is 0 Å². The van der Waals surface area contributed by atoms with Gasteiger partial charge in [-0.25, -0.2) is 0 Å². The third-order valence-electron chi connectivity index (χ3n) is 4.32. The number of nitrogens with one attached hydrogen (secondary N) is 2. The molecule has 0 saturated carbocycles. The average Bonchev–Trinajstić information content (AvgIpc) is 3.06. The highest BCUT2D eigenvalue weighted by atomic mass is 16.6. The Labute approximate surface area is 151 Å². The molecule has 0 aliphatic heterocycles. The van der Waals surface area contributed by atoms with E-state index in [2.05, 4.69) is 21.5 Å². The Bertz CT molecular complexity index is 1080. The fraction of sp³-hybridized carbons (Fsp3) is 0.0952. The molecule has 0 unspecified atom stereocenters. The maximum atomic E-state index is 5.32. The summed E-state index contributed by atoms with van der Waals surface area (Å²) in [6, 6.07) is 16.1. The average molecular weight is 345 g/mol. The second-order valence-corrected chi connectivity index (χ2v) is 5.92. The van der Waals surface area contributed by atoms with Crippen LogP contribution in [-0.4, -0.2) is 24.2 Å². The number of benzene rings is 2. The van der Waals surface area contributed by atoms with Crippen LogP contribution >= 0.6 is 0 Å². The third kappa shape index (κ3) is 3.00. The summed E-state index contributed by atoms with van der Waals surface area (Å²) < 4.78 is 5.32. The van der Waals surface area contributed by atoms with Crippen molar-refractivity contribution >= 4 is 39.6 Å². The highest BCUT2D eigenvalue weighted by Gasteiger charge is 2.08. The maximum absolute atomic E-state index is 5.32. The summed E-state index contributed by atoms with van der Waals surface area (Å²) in [4.78, 5) is 12.9. The number of methoxy groups -OCH3 is 1. The van der Waals surface area contributed by atoms with Crippen LogP contribution in [0.25, 0.3) is 34.0 Å². The van der Waals surface area contributed by atoms with E-state index >= 15 is 0 Å². The Morgan fingerprint density at radius 2 is 1.81 bits per heavy atom. The first-order valence-electron chi connectivity index (χ1n) is 8.30. The lowest BCUT2D eigenvalue weighted by Crippen LogP contribution is -1.94. The van der Waals surface area contributed by atoms with E-state index < -0.39 is 0 Å². The van der Waals surface area contributed by atoms with Crippen molar-refractivity contribution < 1.29 is 9.57 Å². The summed E-state index contributed by atoms with van der Waals surface area (Å²) in [6.07, 6.45) is 5.91. The molecule has 0 fully saturated rings. The Morgan fingerprint density at radius 1 is 0.962 bits per heavy atom. The molecule has 5 heteroatoms. The molecule has 0 aliphatic carbocycles. The number of hydrogen-bond acceptors (Lipinski definition) is 4. The van der Waals surface area contributed by atoms with E-state index in [-0.39, 0.29) is 0 Å². The number of aromatic amines is 1. The zero-order valence-electron chi connectivity index (χ0n) is 14.6. The van der Waals surface area contributed by atoms with Gasteiger partial charge in [0.25, 0.3) is 0 Å². The Hall–Kier alpha value is -3.31. The number of nitrogens with zero attached hydrogens (tertiary/aromatic N) is 1. The number of aromatic nitrogens is 2. The highest BCUT2D eigenvalue weighted by Crippen LogP contribution is 2.30. The summed E-state index contributed by atoms with van der Waals surface area (Å²) in [5, 5.41) is 2.31. The molecule has 2 heterocycles. The number of hydrogen-bond donors (Lipinski definition) is 2. The monoisotopic (exact) mass is 345 g/mol. The molecule has 0 atom stereocenters. The lowest BCUT2D eigenvalue weighted by atomic mass is 10.1. The van der Waals surface area contributed by atoms with Crippen molar-refractivity contribution in [2.24, 2.45) is 0 Å². The molecule has 0 amide bonds. The Kier molecular flexibility index (Phi) is 4.29. The quantitative estimate of drug-likeness (QED) is 0.507. The molecule has 2 aromatic carbocycles. The SMILES string of the molecule is CONc1ccc(/C=C/c2nccc3c2[nH]c2cc(OC)ccc23)cc1. The van der Waals surface area contributed by atoms with Gasteiger partial charge in [-0.1, -0.05) is 18.2 Å². The van der Waals surface area contributed by atoms with E-state index in [1.165, 1.54) is 0 Å².